The van der Waals surface area contributed by atoms with E-state index >= 15 is 0 Å². The van der Waals surface area contributed by atoms with Crippen molar-refractivity contribution in [1.29, 1.82) is 5.41 Å². The van der Waals surface area contributed by atoms with Crippen LogP contribution in [0.3, 0.4) is 0 Å². The molecule has 0 radical (unpaired) electrons. The number of nitrogens with one attached hydrogen (secondary N) is 3. The molecule has 0 aliphatic rings. The molecule has 4 rings (SSSR count). The highest BCUT2D eigenvalue weighted by molar-refractivity contribution is 7.89. The molecule has 0 amide bonds. The van der Waals surface area contributed by atoms with Crippen LogP contribution in [-0.2, 0) is 16.6 Å². The van der Waals surface area contributed by atoms with Crippen LogP contribution in [0.4, 0.5) is 17.1 Å². The fraction of sp³-hybridized carbons (Fsp3) is 0.138. The minimum Gasteiger partial charge on any atom is -0.493 e. The first-order chi connectivity index (χ1) is 21.0. The number of hydrogen-bond acceptors (Lipinski definition) is 10. The average molecular weight is 621 g/mol. The van der Waals surface area contributed by atoms with Crippen molar-refractivity contribution in [3.8, 4) is 11.5 Å². The Bertz CT molecular complexity index is 1780. The van der Waals surface area contributed by atoms with Gasteiger partial charge >= 0.3 is 0 Å². The van der Waals surface area contributed by atoms with Crippen LogP contribution in [0, 0.1) is 25.6 Å². The number of nitrogens with two attached hydrogens (primary N) is 1. The normalized spacial score (nSPS) is 11.8. The molecule has 1 unspecified atom stereocenters. The van der Waals surface area contributed by atoms with Crippen molar-refractivity contribution < 1.29 is 27.7 Å². The van der Waals surface area contributed by atoms with Crippen molar-refractivity contribution in [1.82, 2.24) is 4.72 Å². The first kappa shape index (κ1) is 31.4. The van der Waals surface area contributed by atoms with E-state index in [0.29, 0.717) is 34.4 Å². The topological polar surface area (TPSA) is 213 Å². The average Bonchev–Trinajstić information content (AvgIpc) is 3.02. The Balaban J connectivity index is 1.67. The summed E-state index contributed by atoms with van der Waals surface area (Å²) in [7, 11) is -3.16. The number of ether oxygens (including phenoxy) is 2. The Morgan fingerprint density at radius 2 is 1.64 bits per heavy atom. The third kappa shape index (κ3) is 7.64. The van der Waals surface area contributed by atoms with Crippen molar-refractivity contribution in [3.05, 3.63) is 128 Å². The molecular formula is C29H28N6O8S. The van der Waals surface area contributed by atoms with Crippen LogP contribution >= 0.6 is 0 Å². The molecule has 0 bridgehead atoms. The number of nitro benzene ring substituents is 2. The highest BCUT2D eigenvalue weighted by atomic mass is 32.2. The van der Waals surface area contributed by atoms with Gasteiger partial charge in [0.05, 0.1) is 29.1 Å². The van der Waals surface area contributed by atoms with Gasteiger partial charge in [0.25, 0.3) is 11.4 Å². The number of methoxy groups -OCH3 is 1. The Morgan fingerprint density at radius 3 is 2.25 bits per heavy atom. The lowest BCUT2D eigenvalue weighted by molar-refractivity contribution is -0.396. The van der Waals surface area contributed by atoms with Crippen LogP contribution in [0.2, 0.25) is 0 Å². The number of sulfonamides is 1. The molecule has 0 spiro atoms. The van der Waals surface area contributed by atoms with Gasteiger partial charge in [-0.3, -0.25) is 25.6 Å². The Labute approximate surface area is 252 Å². The number of non-ortho nitro benzene ring substituents is 1. The maximum Gasteiger partial charge on any atom is 0.296 e. The molecule has 15 heteroatoms. The highest BCUT2D eigenvalue weighted by Crippen LogP contribution is 2.33. The van der Waals surface area contributed by atoms with Crippen LogP contribution < -0.4 is 25.2 Å². The van der Waals surface area contributed by atoms with E-state index in [1.807, 2.05) is 30.3 Å². The number of hydrogen-bond donors (Lipinski definition) is 4. The Kier molecular flexibility index (Phi) is 9.72. The summed E-state index contributed by atoms with van der Waals surface area (Å²) in [5.41, 5.74) is 6.37. The van der Waals surface area contributed by atoms with E-state index in [-0.39, 0.29) is 19.0 Å². The van der Waals surface area contributed by atoms with Crippen molar-refractivity contribution in [2.45, 2.75) is 17.5 Å². The SMILES string of the molecule is COc1cc(C(CNc2ccc(C(=N)N)cc2)NS(=O)(=O)c2ccc([N+](=O)[O-])cc2[N+](=O)[O-])ccc1OCc1ccccc1. The number of rotatable bonds is 14. The van der Waals surface area contributed by atoms with Gasteiger partial charge in [-0.15, -0.1) is 0 Å². The van der Waals surface area contributed by atoms with Crippen LogP contribution in [-0.4, -0.2) is 37.8 Å². The zero-order valence-corrected chi connectivity index (χ0v) is 24.1. The second kappa shape index (κ2) is 13.6. The molecule has 0 fully saturated rings. The lowest BCUT2D eigenvalue weighted by Crippen LogP contribution is -2.33. The number of benzene rings is 4. The van der Waals surface area contributed by atoms with Gasteiger partial charge in [0.2, 0.25) is 10.0 Å². The molecule has 0 saturated heterocycles. The molecular weight excluding hydrogens is 592 g/mol. The monoisotopic (exact) mass is 620 g/mol. The lowest BCUT2D eigenvalue weighted by atomic mass is 10.1. The second-order valence-electron chi connectivity index (χ2n) is 9.40. The van der Waals surface area contributed by atoms with Crippen LogP contribution in [0.5, 0.6) is 11.5 Å². The molecule has 0 aliphatic heterocycles. The van der Waals surface area contributed by atoms with E-state index in [0.717, 1.165) is 17.7 Å². The summed E-state index contributed by atoms with van der Waals surface area (Å²) in [6, 6.07) is 22.1. The van der Waals surface area contributed by atoms with Crippen LogP contribution in [0.15, 0.2) is 95.9 Å². The van der Waals surface area contributed by atoms with Crippen molar-refractivity contribution >= 4 is 32.9 Å². The molecule has 0 heterocycles. The second-order valence-corrected chi connectivity index (χ2v) is 11.1. The van der Waals surface area contributed by atoms with E-state index in [1.54, 1.807) is 42.5 Å². The molecule has 14 nitrogen and oxygen atoms in total. The highest BCUT2D eigenvalue weighted by Gasteiger charge is 2.31. The van der Waals surface area contributed by atoms with Gasteiger partial charge in [-0.1, -0.05) is 36.4 Å². The number of nitrogens with zero attached hydrogens (tertiary/aromatic N) is 2. The molecule has 4 aromatic carbocycles. The van der Waals surface area contributed by atoms with Gasteiger partial charge in [0.15, 0.2) is 16.4 Å². The van der Waals surface area contributed by atoms with Crippen molar-refractivity contribution in [2.75, 3.05) is 19.0 Å². The number of amidine groups is 1. The molecule has 0 aliphatic carbocycles. The van der Waals surface area contributed by atoms with E-state index in [1.165, 1.54) is 7.11 Å². The largest absolute Gasteiger partial charge is 0.493 e. The van der Waals surface area contributed by atoms with Crippen LogP contribution in [0.1, 0.15) is 22.7 Å². The first-order valence-corrected chi connectivity index (χ1v) is 14.4. The van der Waals surface area contributed by atoms with Gasteiger partial charge in [-0.2, -0.15) is 0 Å². The fourth-order valence-corrected chi connectivity index (χ4v) is 5.59. The van der Waals surface area contributed by atoms with Gasteiger partial charge < -0.3 is 20.5 Å². The standard InChI is InChI=1S/C29H28N6O8S/c1-42-27-15-21(9-13-26(27)43-18-19-5-3-2-4-6-19)24(17-32-22-10-7-20(8-11-22)29(30)31)33-44(40,41)28-14-12-23(34(36)37)16-25(28)35(38)39/h2-16,24,32-33H,17-18H2,1H3,(H3,30,31). The van der Waals surface area contributed by atoms with E-state index in [9.17, 15) is 28.6 Å². The number of nitro groups is 2. The Morgan fingerprint density at radius 1 is 0.932 bits per heavy atom. The zero-order chi connectivity index (χ0) is 31.9. The van der Waals surface area contributed by atoms with E-state index in [4.69, 9.17) is 20.6 Å². The molecule has 0 aromatic heterocycles. The third-order valence-electron chi connectivity index (χ3n) is 6.47. The molecule has 228 valence electrons. The maximum absolute atomic E-state index is 13.5. The van der Waals surface area contributed by atoms with Crippen molar-refractivity contribution in [3.63, 3.8) is 0 Å². The number of nitrogen functional groups attached to an aromatic ring is 1. The fourth-order valence-electron chi connectivity index (χ4n) is 4.21. The smallest absolute Gasteiger partial charge is 0.296 e. The predicted octanol–water partition coefficient (Wildman–Crippen LogP) is 4.51. The van der Waals surface area contributed by atoms with E-state index in [2.05, 4.69) is 10.0 Å². The first-order valence-electron chi connectivity index (χ1n) is 13.0. The van der Waals surface area contributed by atoms with Gasteiger partial charge in [0, 0.05) is 23.9 Å². The van der Waals surface area contributed by atoms with Gasteiger partial charge in [-0.25, -0.2) is 13.1 Å². The summed E-state index contributed by atoms with van der Waals surface area (Å²) in [6.07, 6.45) is 0. The summed E-state index contributed by atoms with van der Waals surface area (Å²) in [4.78, 5) is 20.3. The summed E-state index contributed by atoms with van der Waals surface area (Å²) in [5.74, 6) is 0.601. The molecule has 44 heavy (non-hydrogen) atoms. The van der Waals surface area contributed by atoms with Crippen molar-refractivity contribution in [2.24, 2.45) is 5.73 Å². The lowest BCUT2D eigenvalue weighted by Gasteiger charge is -2.22. The number of anilines is 1. The molecule has 0 saturated carbocycles. The molecule has 5 N–H and O–H groups in total. The molecule has 4 aromatic rings. The minimum atomic E-state index is -4.60. The summed E-state index contributed by atoms with van der Waals surface area (Å²) in [5, 5.41) is 33.5. The van der Waals surface area contributed by atoms with E-state index < -0.39 is 42.2 Å². The maximum atomic E-state index is 13.5. The predicted molar refractivity (Wildman–Crippen MR) is 163 cm³/mol. The summed E-state index contributed by atoms with van der Waals surface area (Å²) < 4.78 is 41.0. The minimum absolute atomic E-state index is 0.0349. The third-order valence-corrected chi connectivity index (χ3v) is 7.99. The van der Waals surface area contributed by atoms with Gasteiger partial charge in [0.1, 0.15) is 12.4 Å². The van der Waals surface area contributed by atoms with Gasteiger partial charge in [-0.05, 0) is 53.6 Å². The summed E-state index contributed by atoms with van der Waals surface area (Å²) >= 11 is 0. The quantitative estimate of drug-likeness (QED) is 0.0670. The Hall–Kier alpha value is -5.54. The summed E-state index contributed by atoms with van der Waals surface area (Å²) in [6.45, 7) is 0.223. The van der Waals surface area contributed by atoms with Crippen LogP contribution in [0.25, 0.3) is 0 Å². The zero-order valence-electron chi connectivity index (χ0n) is 23.3. The molecule has 1 atom stereocenters.